The topological polar surface area (TPSA) is 77.8 Å². The predicted octanol–water partition coefficient (Wildman–Crippen LogP) is 2.95. The minimum Gasteiger partial charge on any atom is -0.493 e. The van der Waals surface area contributed by atoms with E-state index in [4.69, 9.17) is 13.9 Å². The molecule has 1 atom stereocenters. The first-order valence-electron chi connectivity index (χ1n) is 7.09. The summed E-state index contributed by atoms with van der Waals surface area (Å²) in [6.45, 7) is 5.24. The van der Waals surface area contributed by atoms with Crippen molar-refractivity contribution in [1.82, 2.24) is 4.72 Å². The molecule has 23 heavy (non-hydrogen) atoms. The van der Waals surface area contributed by atoms with Crippen LogP contribution < -0.4 is 14.2 Å². The van der Waals surface area contributed by atoms with Gasteiger partial charge in [0.2, 0.25) is 10.0 Å². The molecule has 1 aromatic carbocycles. The molecule has 0 aliphatic carbocycles. The number of ether oxygens (including phenoxy) is 2. The monoisotopic (exact) mass is 339 g/mol. The van der Waals surface area contributed by atoms with Crippen molar-refractivity contribution in [3.05, 3.63) is 41.3 Å². The van der Waals surface area contributed by atoms with Gasteiger partial charge in [-0.05, 0) is 44.5 Å². The molecule has 0 unspecified atom stereocenters. The minimum absolute atomic E-state index is 0.144. The minimum atomic E-state index is -3.73. The molecule has 0 bridgehead atoms. The zero-order valence-corrected chi connectivity index (χ0v) is 14.7. The van der Waals surface area contributed by atoms with Crippen LogP contribution in [0.5, 0.6) is 11.5 Å². The summed E-state index contributed by atoms with van der Waals surface area (Å²) in [5.74, 6) is 2.14. The normalized spacial score (nSPS) is 12.9. The molecule has 0 aliphatic heterocycles. The first-order chi connectivity index (χ1) is 10.8. The van der Waals surface area contributed by atoms with Gasteiger partial charge in [0.25, 0.3) is 0 Å². The van der Waals surface area contributed by atoms with Gasteiger partial charge in [-0.3, -0.25) is 0 Å². The van der Waals surface area contributed by atoms with Crippen LogP contribution in [0, 0.1) is 13.8 Å². The summed E-state index contributed by atoms with van der Waals surface area (Å²) in [5, 5.41) is 0. The second kappa shape index (κ2) is 6.64. The van der Waals surface area contributed by atoms with Crippen LogP contribution in [0.15, 0.2) is 33.6 Å². The average molecular weight is 339 g/mol. The Kier molecular flexibility index (Phi) is 5.01. The van der Waals surface area contributed by atoms with E-state index in [0.717, 1.165) is 5.76 Å². The van der Waals surface area contributed by atoms with Crippen molar-refractivity contribution in [3.8, 4) is 11.5 Å². The fraction of sp³-hybridized carbons (Fsp3) is 0.375. The Labute approximate surface area is 136 Å². The van der Waals surface area contributed by atoms with Gasteiger partial charge in [-0.2, -0.15) is 0 Å². The number of nitrogens with one attached hydrogen (secondary N) is 1. The highest BCUT2D eigenvalue weighted by Gasteiger charge is 2.24. The molecule has 126 valence electrons. The van der Waals surface area contributed by atoms with E-state index in [-0.39, 0.29) is 4.90 Å². The first-order valence-corrected chi connectivity index (χ1v) is 8.58. The molecule has 2 aromatic rings. The number of hydrogen-bond donors (Lipinski definition) is 1. The Morgan fingerprint density at radius 1 is 1.09 bits per heavy atom. The lowest BCUT2D eigenvalue weighted by atomic mass is 10.2. The first kappa shape index (κ1) is 17.4. The second-order valence-electron chi connectivity index (χ2n) is 5.26. The molecule has 1 N–H and O–H groups in total. The lowest BCUT2D eigenvalue weighted by Gasteiger charge is -2.16. The maximum Gasteiger partial charge on any atom is 0.241 e. The fourth-order valence-electron chi connectivity index (χ4n) is 2.29. The summed E-state index contributed by atoms with van der Waals surface area (Å²) in [4.78, 5) is 0.144. The van der Waals surface area contributed by atoms with Gasteiger partial charge in [-0.15, -0.1) is 0 Å². The van der Waals surface area contributed by atoms with E-state index in [2.05, 4.69) is 4.72 Å². The highest BCUT2D eigenvalue weighted by atomic mass is 32.2. The number of aryl methyl sites for hydroxylation is 2. The van der Waals surface area contributed by atoms with Crippen molar-refractivity contribution < 1.29 is 22.3 Å². The SMILES string of the molecule is COc1cc(C)c(S(=O)(=O)N[C@@H](C)c2ccc(C)o2)cc1OC. The molecule has 2 rings (SSSR count). The highest BCUT2D eigenvalue weighted by molar-refractivity contribution is 7.89. The molecular formula is C16H21NO5S. The quantitative estimate of drug-likeness (QED) is 0.875. The van der Waals surface area contributed by atoms with Gasteiger partial charge in [0.1, 0.15) is 11.5 Å². The van der Waals surface area contributed by atoms with E-state index in [1.165, 1.54) is 20.3 Å². The number of hydrogen-bond acceptors (Lipinski definition) is 5. The van der Waals surface area contributed by atoms with E-state index in [0.29, 0.717) is 22.8 Å². The summed E-state index contributed by atoms with van der Waals surface area (Å²) in [7, 11) is -0.764. The molecule has 0 spiro atoms. The Bertz CT molecular complexity index is 795. The van der Waals surface area contributed by atoms with Crippen LogP contribution in [0.2, 0.25) is 0 Å². The molecule has 1 heterocycles. The summed E-state index contributed by atoms with van der Waals surface area (Å²) in [6.07, 6.45) is 0. The highest BCUT2D eigenvalue weighted by Crippen LogP contribution is 2.32. The Morgan fingerprint density at radius 2 is 1.70 bits per heavy atom. The number of furan rings is 1. The number of sulfonamides is 1. The van der Waals surface area contributed by atoms with Gasteiger partial charge in [-0.25, -0.2) is 13.1 Å². The van der Waals surface area contributed by atoms with Crippen LogP contribution in [-0.2, 0) is 10.0 Å². The van der Waals surface area contributed by atoms with Crippen molar-refractivity contribution in [3.63, 3.8) is 0 Å². The Morgan fingerprint density at radius 3 is 2.22 bits per heavy atom. The van der Waals surface area contributed by atoms with Crippen LogP contribution >= 0.6 is 0 Å². The maximum atomic E-state index is 12.7. The molecule has 1 aromatic heterocycles. The van der Waals surface area contributed by atoms with Crippen molar-refractivity contribution in [2.75, 3.05) is 14.2 Å². The van der Waals surface area contributed by atoms with Gasteiger partial charge < -0.3 is 13.9 Å². The van der Waals surface area contributed by atoms with Gasteiger partial charge in [-0.1, -0.05) is 0 Å². The van der Waals surface area contributed by atoms with Crippen molar-refractivity contribution in [2.24, 2.45) is 0 Å². The molecule has 0 aliphatic rings. The van der Waals surface area contributed by atoms with Crippen molar-refractivity contribution in [1.29, 1.82) is 0 Å². The second-order valence-corrected chi connectivity index (χ2v) is 6.95. The third-order valence-corrected chi connectivity index (χ3v) is 5.17. The molecule has 0 saturated heterocycles. The van der Waals surface area contributed by atoms with Gasteiger partial charge in [0, 0.05) is 6.07 Å². The van der Waals surface area contributed by atoms with Gasteiger partial charge in [0.15, 0.2) is 11.5 Å². The lowest BCUT2D eigenvalue weighted by Crippen LogP contribution is -2.27. The average Bonchev–Trinajstić information content (AvgIpc) is 2.92. The largest absolute Gasteiger partial charge is 0.493 e. The summed E-state index contributed by atoms with van der Waals surface area (Å²) < 4.78 is 43.8. The molecule has 0 amide bonds. The Balaban J connectivity index is 2.36. The molecule has 7 heteroatoms. The Hall–Kier alpha value is -1.99. The van der Waals surface area contributed by atoms with Crippen LogP contribution in [0.4, 0.5) is 0 Å². The van der Waals surface area contributed by atoms with E-state index < -0.39 is 16.1 Å². The summed E-state index contributed by atoms with van der Waals surface area (Å²) in [5.41, 5.74) is 0.568. The number of rotatable bonds is 6. The summed E-state index contributed by atoms with van der Waals surface area (Å²) in [6, 6.07) is 6.15. The fourth-order valence-corrected chi connectivity index (χ4v) is 3.75. The van der Waals surface area contributed by atoms with E-state index in [9.17, 15) is 8.42 Å². The third kappa shape index (κ3) is 3.68. The standard InChI is InChI=1S/C16H21NO5S/c1-10-8-14(20-4)15(21-5)9-16(10)23(18,19)17-12(3)13-7-6-11(2)22-13/h6-9,12,17H,1-5H3/t12-/m0/s1. The number of methoxy groups -OCH3 is 2. The van der Waals surface area contributed by atoms with Gasteiger partial charge >= 0.3 is 0 Å². The van der Waals surface area contributed by atoms with Crippen LogP contribution in [0.3, 0.4) is 0 Å². The predicted molar refractivity (Wildman–Crippen MR) is 86.5 cm³/mol. The third-order valence-electron chi connectivity index (χ3n) is 3.49. The lowest BCUT2D eigenvalue weighted by molar-refractivity contribution is 0.353. The van der Waals surface area contributed by atoms with Crippen LogP contribution in [-0.4, -0.2) is 22.6 Å². The van der Waals surface area contributed by atoms with Crippen LogP contribution in [0.25, 0.3) is 0 Å². The zero-order valence-electron chi connectivity index (χ0n) is 13.8. The maximum absolute atomic E-state index is 12.7. The van der Waals surface area contributed by atoms with E-state index >= 15 is 0 Å². The molecule has 0 radical (unpaired) electrons. The molecule has 6 nitrogen and oxygen atoms in total. The molecular weight excluding hydrogens is 318 g/mol. The van der Waals surface area contributed by atoms with Crippen LogP contribution in [0.1, 0.15) is 30.0 Å². The smallest absolute Gasteiger partial charge is 0.241 e. The van der Waals surface area contributed by atoms with Crippen molar-refractivity contribution in [2.45, 2.75) is 31.7 Å². The van der Waals surface area contributed by atoms with E-state index in [1.807, 2.05) is 6.92 Å². The number of benzene rings is 1. The molecule has 0 fully saturated rings. The van der Waals surface area contributed by atoms with Crippen molar-refractivity contribution >= 4 is 10.0 Å². The van der Waals surface area contributed by atoms with Gasteiger partial charge in [0.05, 0.1) is 25.2 Å². The zero-order chi connectivity index (χ0) is 17.2. The van der Waals surface area contributed by atoms with E-state index in [1.54, 1.807) is 32.0 Å². The molecule has 0 saturated carbocycles. The summed E-state index contributed by atoms with van der Waals surface area (Å²) >= 11 is 0.